The summed E-state index contributed by atoms with van der Waals surface area (Å²) in [5.41, 5.74) is -2.52. The fourth-order valence-corrected chi connectivity index (χ4v) is 13.6. The molecule has 7 aliphatic rings. The van der Waals surface area contributed by atoms with Crippen molar-refractivity contribution in [2.45, 2.75) is 224 Å². The summed E-state index contributed by atoms with van der Waals surface area (Å²) in [5, 5.41) is 26.9. The molecule has 3 aliphatic carbocycles. The van der Waals surface area contributed by atoms with Crippen molar-refractivity contribution in [2.75, 3.05) is 40.0 Å². The van der Waals surface area contributed by atoms with E-state index in [2.05, 4.69) is 42.5 Å². The Kier molecular flexibility index (Phi) is 26.0. The van der Waals surface area contributed by atoms with E-state index in [0.29, 0.717) is 68.3 Å². The Morgan fingerprint density at radius 1 is 0.623 bits per heavy atom. The number of nitrogens with zero attached hydrogens (tertiary/aromatic N) is 6. The van der Waals surface area contributed by atoms with Gasteiger partial charge in [-0.3, -0.25) is 9.59 Å². The number of methoxy groups -OCH3 is 1. The fourth-order valence-electron chi connectivity index (χ4n) is 13.6. The highest BCUT2D eigenvalue weighted by Crippen LogP contribution is 2.41. The predicted molar refractivity (Wildman–Crippen MR) is 372 cm³/mol. The molecule has 4 aliphatic heterocycles. The zero-order valence-electron chi connectivity index (χ0n) is 61.1. The lowest BCUT2D eigenvalue weighted by Crippen LogP contribution is -2.57. The third-order valence-electron chi connectivity index (χ3n) is 19.1. The van der Waals surface area contributed by atoms with Crippen molar-refractivity contribution >= 4 is 70.1 Å². The molecule has 6 heterocycles. The van der Waals surface area contributed by atoms with Crippen LogP contribution in [0.3, 0.4) is 0 Å². The zero-order valence-corrected chi connectivity index (χ0v) is 61.1. The number of fused-ring (bicyclic) bond motifs is 10. The van der Waals surface area contributed by atoms with Crippen LogP contribution in [0.15, 0.2) is 85.5 Å². The van der Waals surface area contributed by atoms with E-state index in [0.717, 1.165) is 24.2 Å². The largest absolute Gasteiger partial charge is 0.480 e. The van der Waals surface area contributed by atoms with Crippen molar-refractivity contribution in [3.05, 3.63) is 96.9 Å². The maximum atomic E-state index is 15.7. The molecule has 4 bridgehead atoms. The normalized spacial score (nSPS) is 28.0. The monoisotopic (exact) mass is 1490 g/mol. The molecule has 11 rings (SSSR count). The Labute approximate surface area is 611 Å². The molecular weight excluding hydrogens is 1390 g/mol. The molecule has 32 heteroatoms. The maximum absolute atomic E-state index is 15.7. The van der Waals surface area contributed by atoms with E-state index in [9.17, 15) is 48.6 Å². The number of nitrogens with one attached hydrogen (secondary N) is 3. The minimum Gasteiger partial charge on any atom is -0.480 e. The number of para-hydroxylation sites is 4. The van der Waals surface area contributed by atoms with Crippen LogP contribution in [0.1, 0.15) is 144 Å². The highest BCUT2D eigenvalue weighted by Gasteiger charge is 2.51. The van der Waals surface area contributed by atoms with Gasteiger partial charge in [0, 0.05) is 12.8 Å². The van der Waals surface area contributed by atoms with Crippen LogP contribution in [0, 0.1) is 16.2 Å². The maximum Gasteiger partial charge on any atom is 0.408 e. The molecule has 13 atom stereocenters. The number of allylic oxidation sites excluding steroid dienone is 2. The Hall–Kier alpha value is -9.30. The number of benzene rings is 2. The van der Waals surface area contributed by atoms with Crippen LogP contribution in [0.5, 0.6) is 11.8 Å². The second-order valence-corrected chi connectivity index (χ2v) is 30.3. The first kappa shape index (κ1) is 80.8. The van der Waals surface area contributed by atoms with Crippen LogP contribution in [-0.4, -0.2) is 207 Å². The average Bonchev–Trinajstić information content (AvgIpc) is 1.41. The lowest BCUT2D eigenvalue weighted by Gasteiger charge is -2.35. The molecule has 0 unspecified atom stereocenters. The van der Waals surface area contributed by atoms with E-state index < -0.39 is 166 Å². The smallest absolute Gasteiger partial charge is 0.408 e. The summed E-state index contributed by atoms with van der Waals surface area (Å²) in [5.74, 6) is -12.4. The van der Waals surface area contributed by atoms with E-state index in [1.807, 2.05) is 0 Å². The van der Waals surface area contributed by atoms with Crippen molar-refractivity contribution in [3.8, 4) is 11.8 Å². The number of rotatable bonds is 8. The molecule has 5 N–H and O–H groups in total. The molecule has 578 valence electrons. The first-order valence-electron chi connectivity index (χ1n) is 35.5. The van der Waals surface area contributed by atoms with Crippen LogP contribution in [0.4, 0.5) is 31.9 Å². The van der Waals surface area contributed by atoms with Gasteiger partial charge in [-0.1, -0.05) is 105 Å². The summed E-state index contributed by atoms with van der Waals surface area (Å²) < 4.78 is 113. The number of aliphatic carboxylic acids is 2. The van der Waals surface area contributed by atoms with E-state index >= 15 is 17.6 Å². The summed E-state index contributed by atoms with van der Waals surface area (Å²) in [6.45, 7) is 19.0. The minimum absolute atomic E-state index is 0.0489. The first-order valence-corrected chi connectivity index (χ1v) is 35.5. The number of carbonyl (C=O) groups is 8. The van der Waals surface area contributed by atoms with Gasteiger partial charge < -0.3 is 78.6 Å². The van der Waals surface area contributed by atoms with Crippen LogP contribution in [0.2, 0.25) is 0 Å². The summed E-state index contributed by atoms with van der Waals surface area (Å²) in [6.07, 6.45) is 4.14. The van der Waals surface area contributed by atoms with Gasteiger partial charge in [-0.05, 0) is 110 Å². The number of halogens is 4. The number of ether oxygens (including phenoxy) is 9. The minimum atomic E-state index is -3.62. The third kappa shape index (κ3) is 20.2. The number of alkyl halides is 4. The summed E-state index contributed by atoms with van der Waals surface area (Å²) in [4.78, 5) is 121. The van der Waals surface area contributed by atoms with E-state index in [1.54, 1.807) is 117 Å². The fraction of sp³-hybridized carbons (Fsp3) is 0.595. The molecule has 3 saturated carbocycles. The standard InChI is InChI=1S/C30H36F2N4O7.C29H34F2N4O7.C15H25NO5/c1-29(2,3)24-26(37)36-16-17(15-20(36)27(38)40-4)42-25-23(33-18-9-5-6-10-19(18)34-25)30(31,32)13-8-14-41-21-11-7-12-22(21)43-28(39)35-24;1-28(2,3)23-25(36)35-15-16(14-19(35)26(37)38)41-24-22(32-17-8-4-5-9-18(17)33-24)29(30,31)12-7-13-40-20-10-6-11-21(20)42-27(39)34-23;1-5-9-20-10-7-6-8-11(10)21-14(19)16-12(13(17)18)15(2,3)4/h5-6,8-10,13,17,20-22,24H,7,11-12,14-16H2,1-4H3,(H,35,39);4-5,7-9,12,16,19-21,23H,6,10-11,13-15H2,1-3H3,(H,34,39)(H,37,38);5,10-12H,1,6-9H2,2-4H3,(H,16,19)(H,17,18)/b13-8+;12-7+;/t17-,20+,21-,22-,24-;16-,19+,20-,21-,23-;10-,11-,12-/m111/s1. The number of alkyl carbamates (subject to hydrolysis) is 3. The van der Waals surface area contributed by atoms with Gasteiger partial charge in [0.2, 0.25) is 23.6 Å². The van der Waals surface area contributed by atoms with E-state index in [4.69, 9.17) is 42.6 Å². The lowest BCUT2D eigenvalue weighted by molar-refractivity contribution is -0.152. The Bertz CT molecular complexity index is 3920. The lowest BCUT2D eigenvalue weighted by atomic mass is 9.85. The number of carboxylic acid groups (broad SMARTS) is 2. The SMILES string of the molecule is C=CCO[C@@H]1CCC[C@H]1OC(=O)N[C@H](C(=O)O)C(C)(C)C.CC(C)(C)[C@@H]1NC(=O)O[C@@H]2CCC[C@H]2OC/C=C/C(F)(F)c2nc3ccccc3nc2O[C@@H]2C[C@@H](C(=O)O)N(C2)C1=O.COC(=O)[C@@H]1C[C@@H]2CN1C(=O)[C@H](C(C)(C)C)NC(=O)O[C@@H]1CCC[C@H]1OC/C=C/C(F)(F)c1nc3ccccc3nc1O2. The van der Waals surface area contributed by atoms with Crippen molar-refractivity contribution < 1.29 is 109 Å². The average molecular weight is 1490 g/mol. The number of amides is 5. The van der Waals surface area contributed by atoms with Crippen LogP contribution in [-0.2, 0) is 69.0 Å². The highest BCUT2D eigenvalue weighted by atomic mass is 19.3. The molecule has 0 radical (unpaired) electrons. The van der Waals surface area contributed by atoms with Gasteiger partial charge in [0.15, 0.2) is 11.4 Å². The van der Waals surface area contributed by atoms with Crippen molar-refractivity contribution in [3.63, 3.8) is 0 Å². The van der Waals surface area contributed by atoms with Gasteiger partial charge in [0.05, 0.1) is 80.4 Å². The molecule has 4 aromatic rings. The van der Waals surface area contributed by atoms with Gasteiger partial charge in [-0.2, -0.15) is 17.6 Å². The second kappa shape index (κ2) is 34.1. The number of aromatic nitrogens is 4. The van der Waals surface area contributed by atoms with Gasteiger partial charge in [0.1, 0.15) is 60.7 Å². The molecule has 2 saturated heterocycles. The van der Waals surface area contributed by atoms with Crippen LogP contribution in [0.25, 0.3) is 22.1 Å². The molecule has 106 heavy (non-hydrogen) atoms. The quantitative estimate of drug-likeness (QED) is 0.0474. The van der Waals surface area contributed by atoms with Crippen molar-refractivity contribution in [1.29, 1.82) is 0 Å². The second-order valence-electron chi connectivity index (χ2n) is 30.3. The Morgan fingerprint density at radius 3 is 1.45 bits per heavy atom. The Balaban J connectivity index is 0.000000195. The molecule has 5 amide bonds. The zero-order chi connectivity index (χ0) is 77.2. The third-order valence-corrected chi connectivity index (χ3v) is 19.1. The summed E-state index contributed by atoms with van der Waals surface area (Å²) in [7, 11) is 1.19. The van der Waals surface area contributed by atoms with Gasteiger partial charge in [0.25, 0.3) is 0 Å². The summed E-state index contributed by atoms with van der Waals surface area (Å²) in [6, 6.07) is 7.39. The first-order chi connectivity index (χ1) is 50.0. The number of hydrogen-bond donors (Lipinski definition) is 5. The molecule has 2 aromatic heterocycles. The predicted octanol–water partition coefficient (Wildman–Crippen LogP) is 10.0. The summed E-state index contributed by atoms with van der Waals surface area (Å²) >= 11 is 0. The van der Waals surface area contributed by atoms with Crippen LogP contribution < -0.4 is 25.4 Å². The Morgan fingerprint density at radius 2 is 1.04 bits per heavy atom. The van der Waals surface area contributed by atoms with E-state index in [1.165, 1.54) is 24.2 Å². The number of esters is 1. The van der Waals surface area contributed by atoms with Gasteiger partial charge >= 0.3 is 48.0 Å². The van der Waals surface area contributed by atoms with Gasteiger partial charge in [-0.15, -0.1) is 6.58 Å². The molecule has 5 fully saturated rings. The van der Waals surface area contributed by atoms with Gasteiger partial charge in [-0.25, -0.2) is 48.7 Å². The molecule has 2 aromatic carbocycles. The molecular formula is C74H95F4N9O19. The number of carbonyl (C=O) groups excluding carboxylic acids is 6. The highest BCUT2D eigenvalue weighted by molar-refractivity contribution is 5.92. The number of carboxylic acids is 2. The van der Waals surface area contributed by atoms with Crippen molar-refractivity contribution in [2.24, 2.45) is 16.2 Å². The van der Waals surface area contributed by atoms with Crippen LogP contribution >= 0.6 is 0 Å². The van der Waals surface area contributed by atoms with E-state index in [-0.39, 0.29) is 62.4 Å². The molecule has 28 nitrogen and oxygen atoms in total. The molecule has 0 spiro atoms. The van der Waals surface area contributed by atoms with Crippen molar-refractivity contribution in [1.82, 2.24) is 45.7 Å². The number of hydrogen-bond acceptors (Lipinski definition) is 21. The topological polar surface area (TPSA) is 354 Å².